The van der Waals surface area contributed by atoms with Gasteiger partial charge in [-0.3, -0.25) is 4.79 Å². The molecule has 0 fully saturated rings. The minimum Gasteiger partial charge on any atom is -0.454 e. The third-order valence-corrected chi connectivity index (χ3v) is 4.50. The number of aryl methyl sites for hydroxylation is 1. The molecule has 0 bridgehead atoms. The van der Waals surface area contributed by atoms with Crippen molar-refractivity contribution < 1.29 is 14.3 Å². The zero-order valence-electron chi connectivity index (χ0n) is 15.9. The predicted octanol–water partition coefficient (Wildman–Crippen LogP) is 3.23. The van der Waals surface area contributed by atoms with E-state index in [9.17, 15) is 4.79 Å². The van der Waals surface area contributed by atoms with E-state index in [-0.39, 0.29) is 12.7 Å². The molecule has 1 N–H and O–H groups in total. The summed E-state index contributed by atoms with van der Waals surface area (Å²) in [7, 11) is 0. The zero-order valence-corrected chi connectivity index (χ0v) is 15.9. The Kier molecular flexibility index (Phi) is 6.12. The van der Waals surface area contributed by atoms with Crippen LogP contribution in [0.2, 0.25) is 0 Å². The molecule has 0 atom stereocenters. The third kappa shape index (κ3) is 4.41. The standard InChI is InChI=1S/C21H22N4O3/c1-3-25(10-4-9-22)18-7-5-17(15(2)11-18)13-23-24-21(26)16-6-8-19-20(12-16)28-14-27-19/h5-8,11-13H,3-4,10,14H2,1-2H3,(H,24,26)/b23-13-. The summed E-state index contributed by atoms with van der Waals surface area (Å²) in [6, 6.07) is 13.2. The van der Waals surface area contributed by atoms with Gasteiger partial charge in [-0.1, -0.05) is 6.07 Å². The van der Waals surface area contributed by atoms with Gasteiger partial charge in [0.2, 0.25) is 6.79 Å². The van der Waals surface area contributed by atoms with E-state index in [2.05, 4.69) is 34.5 Å². The zero-order chi connectivity index (χ0) is 19.9. The second-order valence-electron chi connectivity index (χ2n) is 6.30. The number of ether oxygens (including phenoxy) is 2. The molecule has 2 aromatic rings. The Bertz CT molecular complexity index is 934. The largest absolute Gasteiger partial charge is 0.454 e. The van der Waals surface area contributed by atoms with Crippen LogP contribution in [0.4, 0.5) is 5.69 Å². The lowest BCUT2D eigenvalue weighted by Crippen LogP contribution is -2.23. The highest BCUT2D eigenvalue weighted by Crippen LogP contribution is 2.32. The Morgan fingerprint density at radius 1 is 1.29 bits per heavy atom. The van der Waals surface area contributed by atoms with Crippen LogP contribution in [0.15, 0.2) is 41.5 Å². The molecule has 0 radical (unpaired) electrons. The van der Waals surface area contributed by atoms with Crippen LogP contribution in [0.1, 0.15) is 34.8 Å². The SMILES string of the molecule is CCN(CCC#N)c1ccc(/C=N\NC(=O)c2ccc3c(c2)OCO3)c(C)c1. The summed E-state index contributed by atoms with van der Waals surface area (Å²) < 4.78 is 10.5. The average Bonchev–Trinajstić information content (AvgIpc) is 3.17. The molecule has 1 aliphatic heterocycles. The molecule has 0 aromatic heterocycles. The number of nitriles is 1. The highest BCUT2D eigenvalue weighted by atomic mass is 16.7. The maximum absolute atomic E-state index is 12.2. The van der Waals surface area contributed by atoms with Crippen LogP contribution in [0.5, 0.6) is 11.5 Å². The van der Waals surface area contributed by atoms with Gasteiger partial charge in [0, 0.05) is 24.3 Å². The number of carbonyl (C=O) groups is 1. The number of fused-ring (bicyclic) bond motifs is 1. The van der Waals surface area contributed by atoms with Gasteiger partial charge >= 0.3 is 0 Å². The van der Waals surface area contributed by atoms with Gasteiger partial charge in [-0.2, -0.15) is 10.4 Å². The predicted molar refractivity (Wildman–Crippen MR) is 107 cm³/mol. The summed E-state index contributed by atoms with van der Waals surface area (Å²) >= 11 is 0. The Hall–Kier alpha value is -3.53. The monoisotopic (exact) mass is 378 g/mol. The first kappa shape index (κ1) is 19.2. The second kappa shape index (κ2) is 8.91. The average molecular weight is 378 g/mol. The van der Waals surface area contributed by atoms with Crippen LogP contribution in [0.3, 0.4) is 0 Å². The molecule has 28 heavy (non-hydrogen) atoms. The Labute approximate surface area is 164 Å². The lowest BCUT2D eigenvalue weighted by Gasteiger charge is -2.22. The lowest BCUT2D eigenvalue weighted by atomic mass is 10.1. The van der Waals surface area contributed by atoms with Crippen LogP contribution in [0.25, 0.3) is 0 Å². The number of hydrazone groups is 1. The van der Waals surface area contributed by atoms with Gasteiger partial charge in [0.15, 0.2) is 11.5 Å². The summed E-state index contributed by atoms with van der Waals surface area (Å²) in [6.45, 7) is 5.75. The number of carbonyl (C=O) groups excluding carboxylic acids is 1. The third-order valence-electron chi connectivity index (χ3n) is 4.50. The number of rotatable bonds is 7. The molecule has 1 heterocycles. The van der Waals surface area contributed by atoms with Gasteiger partial charge < -0.3 is 14.4 Å². The van der Waals surface area contributed by atoms with Crippen LogP contribution in [0, 0.1) is 18.3 Å². The molecule has 1 amide bonds. The van der Waals surface area contributed by atoms with Crippen molar-refractivity contribution in [1.29, 1.82) is 5.26 Å². The van der Waals surface area contributed by atoms with Crippen molar-refractivity contribution in [3.8, 4) is 17.6 Å². The van der Waals surface area contributed by atoms with E-state index in [4.69, 9.17) is 14.7 Å². The normalized spacial score (nSPS) is 12.0. The van der Waals surface area contributed by atoms with Crippen molar-refractivity contribution in [3.05, 3.63) is 53.1 Å². The maximum atomic E-state index is 12.2. The number of benzene rings is 2. The topological polar surface area (TPSA) is 87.0 Å². The number of anilines is 1. The van der Waals surface area contributed by atoms with Gasteiger partial charge in [-0.15, -0.1) is 0 Å². The van der Waals surface area contributed by atoms with Crippen molar-refractivity contribution in [2.45, 2.75) is 20.3 Å². The van der Waals surface area contributed by atoms with E-state index in [1.165, 1.54) is 0 Å². The summed E-state index contributed by atoms with van der Waals surface area (Å²) in [5.74, 6) is 0.865. The highest BCUT2D eigenvalue weighted by Gasteiger charge is 2.15. The number of nitrogens with zero attached hydrogens (tertiary/aromatic N) is 3. The van der Waals surface area contributed by atoms with E-state index >= 15 is 0 Å². The fraction of sp³-hybridized carbons (Fsp3) is 0.286. The smallest absolute Gasteiger partial charge is 0.271 e. The minimum atomic E-state index is -0.322. The molecule has 144 valence electrons. The summed E-state index contributed by atoms with van der Waals surface area (Å²) in [5, 5.41) is 12.8. The van der Waals surface area contributed by atoms with E-state index in [0.29, 0.717) is 30.0 Å². The number of hydrogen-bond acceptors (Lipinski definition) is 6. The van der Waals surface area contributed by atoms with Gasteiger partial charge in [0.1, 0.15) is 0 Å². The summed E-state index contributed by atoms with van der Waals surface area (Å²) in [6.07, 6.45) is 2.11. The van der Waals surface area contributed by atoms with Crippen molar-refractivity contribution in [1.82, 2.24) is 5.43 Å². The molecule has 1 aliphatic rings. The lowest BCUT2D eigenvalue weighted by molar-refractivity contribution is 0.0954. The quantitative estimate of drug-likeness (QED) is 0.590. The van der Waals surface area contributed by atoms with E-state index < -0.39 is 0 Å². The number of hydrogen-bond donors (Lipinski definition) is 1. The number of nitrogens with one attached hydrogen (secondary N) is 1. The van der Waals surface area contributed by atoms with Crippen molar-refractivity contribution in [3.63, 3.8) is 0 Å². The van der Waals surface area contributed by atoms with E-state index in [1.807, 2.05) is 19.1 Å². The van der Waals surface area contributed by atoms with Crippen molar-refractivity contribution >= 4 is 17.8 Å². The van der Waals surface area contributed by atoms with Crippen LogP contribution in [-0.2, 0) is 0 Å². The molecule has 0 saturated carbocycles. The second-order valence-corrected chi connectivity index (χ2v) is 6.30. The van der Waals surface area contributed by atoms with Crippen LogP contribution < -0.4 is 19.8 Å². The van der Waals surface area contributed by atoms with E-state index in [0.717, 1.165) is 23.4 Å². The first-order chi connectivity index (χ1) is 13.6. The van der Waals surface area contributed by atoms with Crippen LogP contribution in [-0.4, -0.2) is 32.0 Å². The highest BCUT2D eigenvalue weighted by molar-refractivity contribution is 5.95. The number of amides is 1. The molecular weight excluding hydrogens is 356 g/mol. The maximum Gasteiger partial charge on any atom is 0.271 e. The summed E-state index contributed by atoms with van der Waals surface area (Å²) in [5.41, 5.74) is 5.99. The fourth-order valence-corrected chi connectivity index (χ4v) is 2.92. The first-order valence-electron chi connectivity index (χ1n) is 9.08. The molecule has 0 unspecified atom stereocenters. The van der Waals surface area contributed by atoms with Gasteiger partial charge in [0.25, 0.3) is 5.91 Å². The Morgan fingerprint density at radius 2 is 2.11 bits per heavy atom. The summed E-state index contributed by atoms with van der Waals surface area (Å²) in [4.78, 5) is 14.4. The molecule has 7 heteroatoms. The Morgan fingerprint density at radius 3 is 2.86 bits per heavy atom. The van der Waals surface area contributed by atoms with Crippen LogP contribution >= 0.6 is 0 Å². The van der Waals surface area contributed by atoms with Crippen molar-refractivity contribution in [2.75, 3.05) is 24.8 Å². The minimum absolute atomic E-state index is 0.166. The molecular formula is C21H22N4O3. The Balaban J connectivity index is 1.64. The molecule has 7 nitrogen and oxygen atoms in total. The molecule has 0 aliphatic carbocycles. The first-order valence-corrected chi connectivity index (χ1v) is 9.08. The molecule has 2 aromatic carbocycles. The van der Waals surface area contributed by atoms with Crippen molar-refractivity contribution in [2.24, 2.45) is 5.10 Å². The molecule has 3 rings (SSSR count). The fourth-order valence-electron chi connectivity index (χ4n) is 2.92. The van der Waals surface area contributed by atoms with Gasteiger partial charge in [0.05, 0.1) is 18.7 Å². The molecule has 0 saturated heterocycles. The molecule has 0 spiro atoms. The van der Waals surface area contributed by atoms with Gasteiger partial charge in [-0.25, -0.2) is 5.43 Å². The van der Waals surface area contributed by atoms with Gasteiger partial charge in [-0.05, 0) is 55.3 Å². The van der Waals surface area contributed by atoms with E-state index in [1.54, 1.807) is 24.4 Å².